The third-order valence-electron chi connectivity index (χ3n) is 1.71. The molecular weight excluding hydrogens is 124 g/mol. The van der Waals surface area contributed by atoms with Crippen molar-refractivity contribution in [2.75, 3.05) is 0 Å². The van der Waals surface area contributed by atoms with Gasteiger partial charge in [0.15, 0.2) is 0 Å². The molecular formula is C8H14N2. The second-order valence-electron chi connectivity index (χ2n) is 2.90. The summed E-state index contributed by atoms with van der Waals surface area (Å²) in [5, 5.41) is 0. The van der Waals surface area contributed by atoms with Gasteiger partial charge in [0.2, 0.25) is 0 Å². The molecule has 0 aromatic rings. The van der Waals surface area contributed by atoms with Crippen molar-refractivity contribution in [1.29, 1.82) is 0 Å². The normalized spacial score (nSPS) is 23.8. The van der Waals surface area contributed by atoms with Crippen LogP contribution in [0.1, 0.15) is 32.1 Å². The van der Waals surface area contributed by atoms with Crippen LogP contribution in [0.2, 0.25) is 0 Å². The number of hydrogen-bond donors (Lipinski definition) is 2. The maximum atomic E-state index is 5.65. The van der Waals surface area contributed by atoms with Gasteiger partial charge in [0.25, 0.3) is 0 Å². The van der Waals surface area contributed by atoms with Crippen molar-refractivity contribution in [2.24, 2.45) is 11.5 Å². The highest BCUT2D eigenvalue weighted by Crippen LogP contribution is 2.10. The van der Waals surface area contributed by atoms with Crippen LogP contribution in [0.15, 0.2) is 0 Å². The SMILES string of the molecule is NC1(N)C#CCCCCC1. The lowest BCUT2D eigenvalue weighted by Crippen LogP contribution is -2.48. The molecule has 0 saturated carbocycles. The van der Waals surface area contributed by atoms with Gasteiger partial charge >= 0.3 is 0 Å². The molecule has 0 amide bonds. The Kier molecular flexibility index (Phi) is 2.31. The van der Waals surface area contributed by atoms with Crippen LogP contribution in [0, 0.1) is 11.8 Å². The first-order valence-electron chi connectivity index (χ1n) is 3.78. The molecule has 0 saturated heterocycles. The zero-order valence-electron chi connectivity index (χ0n) is 6.19. The predicted octanol–water partition coefficient (Wildman–Crippen LogP) is 0.568. The highest BCUT2D eigenvalue weighted by atomic mass is 14.9. The van der Waals surface area contributed by atoms with Gasteiger partial charge in [0.05, 0.1) is 0 Å². The summed E-state index contributed by atoms with van der Waals surface area (Å²) >= 11 is 0. The van der Waals surface area contributed by atoms with E-state index in [-0.39, 0.29) is 0 Å². The molecule has 0 aliphatic heterocycles. The Labute approximate surface area is 62.0 Å². The summed E-state index contributed by atoms with van der Waals surface area (Å²) in [6.45, 7) is 0. The van der Waals surface area contributed by atoms with Crippen LogP contribution in [-0.2, 0) is 0 Å². The fourth-order valence-corrected chi connectivity index (χ4v) is 1.10. The molecule has 1 aliphatic rings. The molecule has 10 heavy (non-hydrogen) atoms. The smallest absolute Gasteiger partial charge is 0.127 e. The van der Waals surface area contributed by atoms with Crippen molar-refractivity contribution >= 4 is 0 Å². The Bertz CT molecular complexity index is 162. The molecule has 0 heterocycles. The van der Waals surface area contributed by atoms with Crippen molar-refractivity contribution in [2.45, 2.75) is 37.8 Å². The van der Waals surface area contributed by atoms with Crippen molar-refractivity contribution in [3.63, 3.8) is 0 Å². The highest BCUT2D eigenvalue weighted by Gasteiger charge is 2.14. The van der Waals surface area contributed by atoms with Crippen LogP contribution in [0.4, 0.5) is 0 Å². The Morgan fingerprint density at radius 1 is 1.10 bits per heavy atom. The fraction of sp³-hybridized carbons (Fsp3) is 0.750. The van der Waals surface area contributed by atoms with E-state index >= 15 is 0 Å². The largest absolute Gasteiger partial charge is 0.303 e. The summed E-state index contributed by atoms with van der Waals surface area (Å²) in [5.74, 6) is 5.84. The molecule has 2 nitrogen and oxygen atoms in total. The van der Waals surface area contributed by atoms with E-state index in [9.17, 15) is 0 Å². The van der Waals surface area contributed by atoms with Gasteiger partial charge in [0, 0.05) is 6.42 Å². The third kappa shape index (κ3) is 2.38. The molecule has 0 aromatic heterocycles. The molecule has 0 atom stereocenters. The van der Waals surface area contributed by atoms with Crippen molar-refractivity contribution in [3.05, 3.63) is 0 Å². The van der Waals surface area contributed by atoms with Crippen LogP contribution in [0.25, 0.3) is 0 Å². The van der Waals surface area contributed by atoms with Gasteiger partial charge in [0.1, 0.15) is 5.66 Å². The molecule has 0 unspecified atom stereocenters. The lowest BCUT2D eigenvalue weighted by Gasteiger charge is -2.18. The van der Waals surface area contributed by atoms with Gasteiger partial charge in [-0.3, -0.25) is 0 Å². The first-order valence-corrected chi connectivity index (χ1v) is 3.78. The number of rotatable bonds is 0. The van der Waals surface area contributed by atoms with E-state index in [1.807, 2.05) is 0 Å². The van der Waals surface area contributed by atoms with Crippen molar-refractivity contribution in [1.82, 2.24) is 0 Å². The van der Waals surface area contributed by atoms with Gasteiger partial charge in [-0.15, -0.1) is 0 Å². The lowest BCUT2D eigenvalue weighted by atomic mass is 10.0. The van der Waals surface area contributed by atoms with E-state index in [0.717, 1.165) is 19.3 Å². The summed E-state index contributed by atoms with van der Waals surface area (Å²) in [7, 11) is 0. The van der Waals surface area contributed by atoms with E-state index in [1.165, 1.54) is 12.8 Å². The van der Waals surface area contributed by atoms with Crippen molar-refractivity contribution < 1.29 is 0 Å². The lowest BCUT2D eigenvalue weighted by molar-refractivity contribution is 0.480. The molecule has 0 bridgehead atoms. The first-order chi connectivity index (χ1) is 4.71. The Morgan fingerprint density at radius 3 is 2.70 bits per heavy atom. The molecule has 1 rings (SSSR count). The summed E-state index contributed by atoms with van der Waals surface area (Å²) in [5.41, 5.74) is 10.6. The topological polar surface area (TPSA) is 52.0 Å². The summed E-state index contributed by atoms with van der Waals surface area (Å²) < 4.78 is 0. The Hall–Kier alpha value is -0.520. The zero-order valence-corrected chi connectivity index (χ0v) is 6.19. The summed E-state index contributed by atoms with van der Waals surface area (Å²) in [6.07, 6.45) is 5.31. The van der Waals surface area contributed by atoms with Gasteiger partial charge in [-0.25, -0.2) is 0 Å². The summed E-state index contributed by atoms with van der Waals surface area (Å²) in [6, 6.07) is 0. The van der Waals surface area contributed by atoms with Crippen LogP contribution in [-0.4, -0.2) is 5.66 Å². The van der Waals surface area contributed by atoms with Crippen LogP contribution < -0.4 is 11.5 Å². The molecule has 0 spiro atoms. The average molecular weight is 138 g/mol. The molecule has 56 valence electrons. The maximum Gasteiger partial charge on any atom is 0.127 e. The van der Waals surface area contributed by atoms with Gasteiger partial charge in [-0.2, -0.15) is 0 Å². The monoisotopic (exact) mass is 138 g/mol. The first kappa shape index (κ1) is 7.59. The van der Waals surface area contributed by atoms with Crippen LogP contribution in [0.5, 0.6) is 0 Å². The van der Waals surface area contributed by atoms with Gasteiger partial charge < -0.3 is 11.5 Å². The van der Waals surface area contributed by atoms with Crippen LogP contribution >= 0.6 is 0 Å². The Morgan fingerprint density at radius 2 is 1.90 bits per heavy atom. The van der Waals surface area contributed by atoms with E-state index in [0.29, 0.717) is 0 Å². The minimum atomic E-state index is -0.708. The predicted molar refractivity (Wildman–Crippen MR) is 42.0 cm³/mol. The molecule has 4 N–H and O–H groups in total. The van der Waals surface area contributed by atoms with E-state index in [2.05, 4.69) is 11.8 Å². The van der Waals surface area contributed by atoms with Crippen LogP contribution in [0.3, 0.4) is 0 Å². The summed E-state index contributed by atoms with van der Waals surface area (Å²) in [4.78, 5) is 0. The Balaban J connectivity index is 2.56. The highest BCUT2D eigenvalue weighted by molar-refractivity contribution is 5.14. The minimum Gasteiger partial charge on any atom is -0.303 e. The standard InChI is InChI=1S/C8H14N2/c9-8(10)6-4-2-1-3-5-7-8/h1-4,6,9-10H2. The van der Waals surface area contributed by atoms with E-state index in [4.69, 9.17) is 11.5 Å². The van der Waals surface area contributed by atoms with Crippen molar-refractivity contribution in [3.8, 4) is 11.8 Å². The van der Waals surface area contributed by atoms with E-state index in [1.54, 1.807) is 0 Å². The molecule has 0 radical (unpaired) electrons. The maximum absolute atomic E-state index is 5.65. The van der Waals surface area contributed by atoms with E-state index < -0.39 is 5.66 Å². The molecule has 0 fully saturated rings. The van der Waals surface area contributed by atoms with Gasteiger partial charge in [-0.1, -0.05) is 18.3 Å². The average Bonchev–Trinajstić information content (AvgIpc) is 1.81. The second kappa shape index (κ2) is 3.05. The molecule has 0 aromatic carbocycles. The van der Waals surface area contributed by atoms with Gasteiger partial charge in [-0.05, 0) is 19.3 Å². The molecule has 2 heteroatoms. The quantitative estimate of drug-likeness (QED) is 0.380. The third-order valence-corrected chi connectivity index (χ3v) is 1.71. The minimum absolute atomic E-state index is 0.708. The fourth-order valence-electron chi connectivity index (χ4n) is 1.10. The zero-order chi connectivity index (χ0) is 7.45. The number of hydrogen-bond acceptors (Lipinski definition) is 2. The number of nitrogens with two attached hydrogens (primary N) is 2. The second-order valence-corrected chi connectivity index (χ2v) is 2.90. The molecule has 1 aliphatic carbocycles.